The summed E-state index contributed by atoms with van der Waals surface area (Å²) in [6.07, 6.45) is 4.64. The molecule has 1 saturated heterocycles. The Morgan fingerprint density at radius 2 is 2.30 bits per heavy atom. The molecule has 1 aromatic heterocycles. The van der Waals surface area contributed by atoms with Crippen molar-refractivity contribution >= 4 is 11.9 Å². The van der Waals surface area contributed by atoms with Crippen LogP contribution in [-0.4, -0.2) is 48.2 Å². The summed E-state index contributed by atoms with van der Waals surface area (Å²) in [5.41, 5.74) is 6.40. The third kappa shape index (κ3) is 3.64. The van der Waals surface area contributed by atoms with E-state index in [0.717, 1.165) is 25.1 Å². The van der Waals surface area contributed by atoms with Gasteiger partial charge in [0, 0.05) is 31.0 Å². The van der Waals surface area contributed by atoms with Gasteiger partial charge in [-0.3, -0.25) is 4.79 Å². The number of hydrogen-bond donors (Lipinski definition) is 2. The minimum Gasteiger partial charge on any atom is -0.377 e. The zero-order chi connectivity index (χ0) is 14.4. The maximum absolute atomic E-state index is 11.4. The van der Waals surface area contributed by atoms with Gasteiger partial charge in [-0.05, 0) is 13.0 Å². The predicted molar refractivity (Wildman–Crippen MR) is 75.2 cm³/mol. The average Bonchev–Trinajstić information content (AvgIpc) is 2.48. The number of rotatable bonds is 6. The molecular formula is C13H21N5O2. The molecular weight excluding hydrogens is 258 g/mol. The van der Waals surface area contributed by atoms with Crippen LogP contribution in [0.1, 0.15) is 18.9 Å². The first-order chi connectivity index (χ1) is 9.72. The predicted octanol–water partition coefficient (Wildman–Crippen LogP) is -0.333. The molecule has 1 fully saturated rings. The van der Waals surface area contributed by atoms with Gasteiger partial charge in [0.1, 0.15) is 6.04 Å². The van der Waals surface area contributed by atoms with Crippen molar-refractivity contribution in [1.82, 2.24) is 15.3 Å². The molecule has 2 rings (SSSR count). The highest BCUT2D eigenvalue weighted by molar-refractivity contribution is 5.83. The molecule has 1 unspecified atom stereocenters. The van der Waals surface area contributed by atoms with Crippen LogP contribution in [0, 0.1) is 0 Å². The van der Waals surface area contributed by atoms with Crippen molar-refractivity contribution in [2.45, 2.75) is 25.9 Å². The minimum absolute atomic E-state index is 0.290. The molecule has 1 aromatic rings. The molecule has 1 amide bonds. The lowest BCUT2D eigenvalue weighted by molar-refractivity contribution is -0.121. The third-order valence-electron chi connectivity index (χ3n) is 3.16. The molecule has 1 aliphatic heterocycles. The Bertz CT molecular complexity index is 437. The van der Waals surface area contributed by atoms with Crippen molar-refractivity contribution in [2.24, 2.45) is 5.73 Å². The van der Waals surface area contributed by atoms with Gasteiger partial charge in [0.05, 0.1) is 13.2 Å². The van der Waals surface area contributed by atoms with E-state index in [-0.39, 0.29) is 0 Å². The molecule has 2 heterocycles. The highest BCUT2D eigenvalue weighted by Crippen LogP contribution is 2.14. The number of primary amides is 1. The van der Waals surface area contributed by atoms with Crippen molar-refractivity contribution in [1.29, 1.82) is 0 Å². The lowest BCUT2D eigenvalue weighted by atomic mass is 10.2. The summed E-state index contributed by atoms with van der Waals surface area (Å²) in [7, 11) is 0. The summed E-state index contributed by atoms with van der Waals surface area (Å²) in [4.78, 5) is 21.9. The normalized spacial score (nSPS) is 19.1. The molecule has 0 bridgehead atoms. The van der Waals surface area contributed by atoms with Crippen LogP contribution in [0.25, 0.3) is 0 Å². The minimum atomic E-state index is -0.493. The van der Waals surface area contributed by atoms with Crippen molar-refractivity contribution < 1.29 is 9.53 Å². The van der Waals surface area contributed by atoms with E-state index >= 15 is 0 Å². The van der Waals surface area contributed by atoms with Gasteiger partial charge >= 0.3 is 0 Å². The molecule has 7 nitrogen and oxygen atoms in total. The molecule has 3 N–H and O–H groups in total. The first kappa shape index (κ1) is 14.7. The summed E-state index contributed by atoms with van der Waals surface area (Å²) < 4.78 is 5.28. The van der Waals surface area contributed by atoms with Gasteiger partial charge < -0.3 is 20.7 Å². The number of hydrogen-bond acceptors (Lipinski definition) is 6. The van der Waals surface area contributed by atoms with Crippen LogP contribution in [0.5, 0.6) is 0 Å². The molecule has 20 heavy (non-hydrogen) atoms. The van der Waals surface area contributed by atoms with Crippen molar-refractivity contribution in [3.8, 4) is 0 Å². The Hall–Kier alpha value is -1.73. The van der Waals surface area contributed by atoms with Crippen LogP contribution in [0.4, 0.5) is 5.95 Å². The SMILES string of the molecule is CCCNCc1cnc(N2CCOCC2C(N)=O)nc1. The maximum atomic E-state index is 11.4. The Labute approximate surface area is 118 Å². The molecule has 0 aliphatic carbocycles. The first-order valence-corrected chi connectivity index (χ1v) is 6.87. The molecule has 0 spiro atoms. The summed E-state index contributed by atoms with van der Waals surface area (Å²) >= 11 is 0. The van der Waals surface area contributed by atoms with Gasteiger partial charge in [-0.2, -0.15) is 0 Å². The topological polar surface area (TPSA) is 93.4 Å². The Kier molecular flexibility index (Phi) is 5.25. The smallest absolute Gasteiger partial charge is 0.242 e. The van der Waals surface area contributed by atoms with E-state index in [1.807, 2.05) is 0 Å². The van der Waals surface area contributed by atoms with Crippen LogP contribution in [0.2, 0.25) is 0 Å². The molecule has 0 radical (unpaired) electrons. The Balaban J connectivity index is 2.02. The highest BCUT2D eigenvalue weighted by atomic mass is 16.5. The van der Waals surface area contributed by atoms with Crippen LogP contribution >= 0.6 is 0 Å². The summed E-state index contributed by atoms with van der Waals surface area (Å²) in [5.74, 6) is 0.110. The molecule has 7 heteroatoms. The number of ether oxygens (including phenoxy) is 1. The molecule has 0 aromatic carbocycles. The van der Waals surface area contributed by atoms with E-state index in [1.54, 1.807) is 17.3 Å². The molecule has 1 atom stereocenters. The molecule has 110 valence electrons. The number of nitrogens with one attached hydrogen (secondary N) is 1. The number of nitrogens with two attached hydrogens (primary N) is 1. The fraction of sp³-hybridized carbons (Fsp3) is 0.615. The van der Waals surface area contributed by atoms with Crippen LogP contribution in [-0.2, 0) is 16.1 Å². The van der Waals surface area contributed by atoms with E-state index in [1.165, 1.54) is 0 Å². The van der Waals surface area contributed by atoms with E-state index in [0.29, 0.717) is 25.7 Å². The van der Waals surface area contributed by atoms with Gasteiger partial charge in [-0.1, -0.05) is 6.92 Å². The lowest BCUT2D eigenvalue weighted by Crippen LogP contribution is -2.53. The number of anilines is 1. The van der Waals surface area contributed by atoms with Gasteiger partial charge in [0.2, 0.25) is 11.9 Å². The number of amides is 1. The average molecular weight is 279 g/mol. The van der Waals surface area contributed by atoms with Crippen molar-refractivity contribution in [2.75, 3.05) is 31.2 Å². The van der Waals surface area contributed by atoms with Gasteiger partial charge in [-0.25, -0.2) is 9.97 Å². The monoisotopic (exact) mass is 279 g/mol. The second kappa shape index (κ2) is 7.16. The summed E-state index contributed by atoms with van der Waals surface area (Å²) in [6, 6.07) is -0.493. The number of morpholine rings is 1. The van der Waals surface area contributed by atoms with Crippen molar-refractivity contribution in [3.05, 3.63) is 18.0 Å². The molecule has 0 saturated carbocycles. The molecule has 1 aliphatic rings. The van der Waals surface area contributed by atoms with E-state index < -0.39 is 11.9 Å². The van der Waals surface area contributed by atoms with E-state index in [9.17, 15) is 4.79 Å². The highest BCUT2D eigenvalue weighted by Gasteiger charge is 2.29. The quantitative estimate of drug-likeness (QED) is 0.692. The van der Waals surface area contributed by atoms with Crippen LogP contribution in [0.3, 0.4) is 0 Å². The van der Waals surface area contributed by atoms with Gasteiger partial charge in [0.15, 0.2) is 0 Å². The van der Waals surface area contributed by atoms with Gasteiger partial charge in [0.25, 0.3) is 0 Å². The fourth-order valence-electron chi connectivity index (χ4n) is 2.08. The summed E-state index contributed by atoms with van der Waals surface area (Å²) in [6.45, 7) is 5.24. The zero-order valence-corrected chi connectivity index (χ0v) is 11.7. The second-order valence-corrected chi connectivity index (χ2v) is 4.75. The van der Waals surface area contributed by atoms with Crippen LogP contribution < -0.4 is 16.0 Å². The number of carbonyl (C=O) groups is 1. The Morgan fingerprint density at radius 1 is 1.55 bits per heavy atom. The van der Waals surface area contributed by atoms with Crippen molar-refractivity contribution in [3.63, 3.8) is 0 Å². The van der Waals surface area contributed by atoms with E-state index in [4.69, 9.17) is 10.5 Å². The number of aromatic nitrogens is 2. The number of nitrogens with zero attached hydrogens (tertiary/aromatic N) is 3. The second-order valence-electron chi connectivity index (χ2n) is 4.75. The maximum Gasteiger partial charge on any atom is 0.242 e. The van der Waals surface area contributed by atoms with Gasteiger partial charge in [-0.15, -0.1) is 0 Å². The largest absolute Gasteiger partial charge is 0.377 e. The third-order valence-corrected chi connectivity index (χ3v) is 3.16. The summed E-state index contributed by atoms with van der Waals surface area (Å²) in [5, 5.41) is 3.29. The fourth-order valence-corrected chi connectivity index (χ4v) is 2.08. The Morgan fingerprint density at radius 3 is 2.95 bits per heavy atom. The zero-order valence-electron chi connectivity index (χ0n) is 11.7. The first-order valence-electron chi connectivity index (χ1n) is 6.87. The standard InChI is InChI=1S/C13H21N5O2/c1-2-3-15-6-10-7-16-13(17-8-10)18-4-5-20-9-11(18)12(14)19/h7-8,11,15H,2-6,9H2,1H3,(H2,14,19). The van der Waals surface area contributed by atoms with E-state index in [2.05, 4.69) is 22.2 Å². The lowest BCUT2D eigenvalue weighted by Gasteiger charge is -2.33. The number of carbonyl (C=O) groups excluding carboxylic acids is 1. The van der Waals surface area contributed by atoms with Crippen LogP contribution in [0.15, 0.2) is 12.4 Å².